The summed E-state index contributed by atoms with van der Waals surface area (Å²) in [7, 11) is 0. The van der Waals surface area contributed by atoms with Crippen LogP contribution in [-0.4, -0.2) is 0 Å². The fraction of sp³-hybridized carbons (Fsp3) is 0.364. The van der Waals surface area contributed by atoms with Crippen LogP contribution in [0.1, 0.15) is 20.8 Å². The first-order valence-electron chi connectivity index (χ1n) is 4.14. The summed E-state index contributed by atoms with van der Waals surface area (Å²) in [6.45, 7) is 8.17. The first kappa shape index (κ1) is 9.11. The number of benzene rings is 1. The molecule has 0 bridgehead atoms. The fourth-order valence-corrected chi connectivity index (χ4v) is 0.744. The number of hydrogen-bond acceptors (Lipinski definition) is 1. The van der Waals surface area contributed by atoms with Gasteiger partial charge in [0, 0.05) is 5.41 Å². The van der Waals surface area contributed by atoms with E-state index in [1.54, 1.807) is 0 Å². The highest BCUT2D eigenvalue weighted by molar-refractivity contribution is 5.21. The Kier molecular flexibility index (Phi) is 2.74. The van der Waals surface area contributed by atoms with E-state index in [1.807, 2.05) is 36.9 Å². The third-order valence-corrected chi connectivity index (χ3v) is 1.29. The molecule has 1 aromatic rings. The summed E-state index contributed by atoms with van der Waals surface area (Å²) in [6, 6.07) is 9.80. The van der Waals surface area contributed by atoms with Crippen LogP contribution in [0.2, 0.25) is 0 Å². The molecule has 0 atom stereocenters. The Labute approximate surface area is 74.4 Å². The maximum atomic E-state index is 5.45. The molecule has 0 unspecified atom stereocenters. The lowest BCUT2D eigenvalue weighted by molar-refractivity contribution is 0.280. The molecule has 0 aliphatic rings. The van der Waals surface area contributed by atoms with E-state index in [0.29, 0.717) is 0 Å². The van der Waals surface area contributed by atoms with Gasteiger partial charge in [0.05, 0.1) is 0 Å². The highest BCUT2D eigenvalue weighted by atomic mass is 16.5. The van der Waals surface area contributed by atoms with Crippen LogP contribution in [0, 0.1) is 12.0 Å². The largest absolute Gasteiger partial charge is 0.486 e. The van der Waals surface area contributed by atoms with Gasteiger partial charge >= 0.3 is 0 Å². The van der Waals surface area contributed by atoms with Crippen LogP contribution < -0.4 is 4.74 Å². The lowest BCUT2D eigenvalue weighted by Gasteiger charge is -2.17. The van der Waals surface area contributed by atoms with Crippen molar-refractivity contribution in [3.63, 3.8) is 0 Å². The van der Waals surface area contributed by atoms with Gasteiger partial charge in [0.1, 0.15) is 12.4 Å². The number of para-hydroxylation sites is 1. The van der Waals surface area contributed by atoms with Crippen molar-refractivity contribution in [1.29, 1.82) is 0 Å². The van der Waals surface area contributed by atoms with E-state index >= 15 is 0 Å². The van der Waals surface area contributed by atoms with Crippen molar-refractivity contribution in [2.45, 2.75) is 20.8 Å². The van der Waals surface area contributed by atoms with E-state index in [0.717, 1.165) is 5.75 Å². The zero-order chi connectivity index (χ0) is 9.03. The number of hydrogen-bond donors (Lipinski definition) is 0. The van der Waals surface area contributed by atoms with Crippen LogP contribution in [0.25, 0.3) is 0 Å². The predicted molar refractivity (Wildman–Crippen MR) is 50.8 cm³/mol. The van der Waals surface area contributed by atoms with Crippen LogP contribution in [0.15, 0.2) is 30.3 Å². The van der Waals surface area contributed by atoms with Gasteiger partial charge in [0.15, 0.2) is 0 Å². The van der Waals surface area contributed by atoms with Gasteiger partial charge in [-0.1, -0.05) is 39.0 Å². The zero-order valence-corrected chi connectivity index (χ0v) is 7.87. The lowest BCUT2D eigenvalue weighted by Crippen LogP contribution is -2.10. The molecule has 1 nitrogen and oxygen atoms in total. The summed E-state index contributed by atoms with van der Waals surface area (Å²) in [5, 5.41) is 0. The Morgan fingerprint density at radius 3 is 2.17 bits per heavy atom. The standard InChI is InChI=1S/C11H15O/c1-11(2,3)9-12-10-7-5-4-6-8-10/h4-9H,1-3H3. The number of ether oxygens (including phenoxy) is 1. The molecule has 1 aromatic carbocycles. The van der Waals surface area contributed by atoms with Crippen molar-refractivity contribution < 1.29 is 4.74 Å². The van der Waals surface area contributed by atoms with Gasteiger partial charge in [0.2, 0.25) is 0 Å². The van der Waals surface area contributed by atoms with Gasteiger partial charge in [-0.3, -0.25) is 0 Å². The Morgan fingerprint density at radius 1 is 1.08 bits per heavy atom. The maximum Gasteiger partial charge on any atom is 0.141 e. The van der Waals surface area contributed by atoms with Crippen molar-refractivity contribution in [1.82, 2.24) is 0 Å². The Morgan fingerprint density at radius 2 is 1.67 bits per heavy atom. The molecule has 1 heteroatoms. The molecule has 0 spiro atoms. The second-order valence-electron chi connectivity index (χ2n) is 3.91. The summed E-state index contributed by atoms with van der Waals surface area (Å²) in [6.07, 6.45) is 0. The smallest absolute Gasteiger partial charge is 0.141 e. The molecule has 12 heavy (non-hydrogen) atoms. The van der Waals surface area contributed by atoms with E-state index in [1.165, 1.54) is 0 Å². The van der Waals surface area contributed by atoms with E-state index in [2.05, 4.69) is 20.8 Å². The predicted octanol–water partition coefficient (Wildman–Crippen LogP) is 3.27. The van der Waals surface area contributed by atoms with Gasteiger partial charge in [-0.05, 0) is 12.1 Å². The van der Waals surface area contributed by atoms with Gasteiger partial charge < -0.3 is 4.74 Å². The maximum absolute atomic E-state index is 5.45. The third kappa shape index (κ3) is 3.42. The summed E-state index contributed by atoms with van der Waals surface area (Å²) in [4.78, 5) is 0. The summed E-state index contributed by atoms with van der Waals surface area (Å²) in [5.74, 6) is 0.896. The second-order valence-corrected chi connectivity index (χ2v) is 3.91. The fourth-order valence-electron chi connectivity index (χ4n) is 0.744. The summed E-state index contributed by atoms with van der Waals surface area (Å²) in [5.41, 5.74) is 0.107. The molecular weight excluding hydrogens is 148 g/mol. The SMILES string of the molecule is CC(C)(C)[CH]Oc1ccccc1. The molecule has 0 N–H and O–H groups in total. The van der Waals surface area contributed by atoms with Gasteiger partial charge in [-0.25, -0.2) is 0 Å². The van der Waals surface area contributed by atoms with E-state index in [4.69, 9.17) is 4.74 Å². The first-order chi connectivity index (χ1) is 5.58. The molecular formula is C11H15O. The van der Waals surface area contributed by atoms with Crippen LogP contribution >= 0.6 is 0 Å². The van der Waals surface area contributed by atoms with Gasteiger partial charge in [0.25, 0.3) is 0 Å². The Bertz CT molecular complexity index is 221. The minimum Gasteiger partial charge on any atom is -0.486 e. The Balaban J connectivity index is 2.44. The van der Waals surface area contributed by atoms with Crippen molar-refractivity contribution in [2.24, 2.45) is 5.41 Å². The second kappa shape index (κ2) is 3.61. The van der Waals surface area contributed by atoms with E-state index in [-0.39, 0.29) is 5.41 Å². The summed E-state index contributed by atoms with van der Waals surface area (Å²) < 4.78 is 5.45. The minimum atomic E-state index is 0.107. The average Bonchev–Trinajstić information content (AvgIpc) is 2.02. The topological polar surface area (TPSA) is 9.23 Å². The zero-order valence-electron chi connectivity index (χ0n) is 7.87. The molecule has 0 fully saturated rings. The molecule has 0 heterocycles. The van der Waals surface area contributed by atoms with E-state index in [9.17, 15) is 0 Å². The molecule has 0 aromatic heterocycles. The van der Waals surface area contributed by atoms with Gasteiger partial charge in [-0.15, -0.1) is 0 Å². The number of rotatable bonds is 2. The molecule has 0 aliphatic heterocycles. The van der Waals surface area contributed by atoms with E-state index < -0.39 is 0 Å². The normalized spacial score (nSPS) is 11.2. The lowest BCUT2D eigenvalue weighted by atomic mass is 9.99. The molecule has 1 radical (unpaired) electrons. The highest BCUT2D eigenvalue weighted by Crippen LogP contribution is 2.20. The highest BCUT2D eigenvalue weighted by Gasteiger charge is 2.11. The van der Waals surface area contributed by atoms with Crippen LogP contribution in [0.3, 0.4) is 0 Å². The molecule has 0 saturated heterocycles. The molecule has 0 saturated carbocycles. The molecule has 0 aliphatic carbocycles. The van der Waals surface area contributed by atoms with Crippen molar-refractivity contribution in [3.05, 3.63) is 36.9 Å². The molecule has 1 rings (SSSR count). The summed E-state index contributed by atoms with van der Waals surface area (Å²) >= 11 is 0. The Hall–Kier alpha value is -0.980. The first-order valence-corrected chi connectivity index (χ1v) is 4.14. The van der Waals surface area contributed by atoms with Crippen LogP contribution in [0.5, 0.6) is 5.75 Å². The van der Waals surface area contributed by atoms with Crippen LogP contribution in [0.4, 0.5) is 0 Å². The van der Waals surface area contributed by atoms with Crippen molar-refractivity contribution in [3.8, 4) is 5.75 Å². The minimum absolute atomic E-state index is 0.107. The molecule has 0 amide bonds. The van der Waals surface area contributed by atoms with Crippen molar-refractivity contribution in [2.75, 3.05) is 0 Å². The quantitative estimate of drug-likeness (QED) is 0.650. The third-order valence-electron chi connectivity index (χ3n) is 1.29. The van der Waals surface area contributed by atoms with Crippen molar-refractivity contribution >= 4 is 0 Å². The average molecular weight is 163 g/mol. The molecule has 65 valence electrons. The van der Waals surface area contributed by atoms with Crippen LogP contribution in [-0.2, 0) is 0 Å². The monoisotopic (exact) mass is 163 g/mol. The van der Waals surface area contributed by atoms with Gasteiger partial charge in [-0.2, -0.15) is 0 Å².